The minimum atomic E-state index is -5.42. The standard InChI is InChI=1S/C30H46O16S2.2K.Na.3H/c1-14(2)9-22(32)44-25-24(46-48(39,40)41)23(45-47(36,37)38)20(13-31)43-28(25)42-17-10-18(27(34)35)19-7-8-30-11-16(15(3)26(30)33)5-6-21(30)29(19,4)12-17;;;;;;/h14,16-21,23-26,28,31,33H,3,5-13H2,1-2,4H3,(H,34,35)(H,36,37,38)(H,39,40,41);;;;;;/q;3*+1;3*-1/t16-,17+,18+,19+,20+,21-,23+,24-,25+,26-,28+,29+,30+;;;;;;/m0....../s1. The van der Waals surface area contributed by atoms with Gasteiger partial charge in [0.1, 0.15) is 12.2 Å². The molecular weight excluding hydrogens is 782 g/mol. The number of ether oxygens (including phenoxy) is 3. The van der Waals surface area contributed by atoms with Gasteiger partial charge in [0.15, 0.2) is 18.5 Å². The summed E-state index contributed by atoms with van der Waals surface area (Å²) in [5, 5.41) is 32.0. The molecule has 5 rings (SSSR count). The number of carboxylic acid groups (broad SMARTS) is 1. The van der Waals surface area contributed by atoms with E-state index in [9.17, 15) is 50.8 Å². The van der Waals surface area contributed by atoms with Crippen LogP contribution in [0.3, 0.4) is 0 Å². The number of hydrogen-bond acceptors (Lipinski definition) is 13. The van der Waals surface area contributed by atoms with Crippen molar-refractivity contribution in [3.8, 4) is 0 Å². The first-order valence-corrected chi connectivity index (χ1v) is 18.9. The van der Waals surface area contributed by atoms with E-state index in [0.717, 1.165) is 24.8 Å². The fourth-order valence-electron chi connectivity index (χ4n) is 9.82. The minimum Gasteiger partial charge on any atom is -1.00 e. The van der Waals surface area contributed by atoms with Crippen LogP contribution in [0, 0.1) is 40.4 Å². The molecule has 280 valence electrons. The van der Waals surface area contributed by atoms with Crippen LogP contribution < -0.4 is 132 Å². The van der Waals surface area contributed by atoms with Crippen LogP contribution in [-0.4, -0.2) is 103 Å². The summed E-state index contributed by atoms with van der Waals surface area (Å²) in [5.74, 6) is -3.25. The van der Waals surface area contributed by atoms with Crippen LogP contribution in [0.5, 0.6) is 0 Å². The van der Waals surface area contributed by atoms with Gasteiger partial charge in [-0.3, -0.25) is 18.7 Å². The van der Waals surface area contributed by atoms with Crippen molar-refractivity contribution in [2.45, 2.75) is 115 Å². The maximum absolute atomic E-state index is 12.9. The Morgan fingerprint density at radius 1 is 1.02 bits per heavy atom. The van der Waals surface area contributed by atoms with Crippen molar-refractivity contribution in [2.75, 3.05) is 6.61 Å². The average Bonchev–Trinajstić information content (AvgIpc) is 3.12. The summed E-state index contributed by atoms with van der Waals surface area (Å²) in [4.78, 5) is 25.7. The normalized spacial score (nSPS) is 40.5. The van der Waals surface area contributed by atoms with E-state index in [1.54, 1.807) is 13.8 Å². The van der Waals surface area contributed by atoms with Crippen molar-refractivity contribution in [1.29, 1.82) is 0 Å². The van der Waals surface area contributed by atoms with Crippen molar-refractivity contribution in [3.63, 3.8) is 0 Å². The molecule has 1 aliphatic heterocycles. The van der Waals surface area contributed by atoms with E-state index in [2.05, 4.69) is 10.8 Å². The van der Waals surface area contributed by atoms with Gasteiger partial charge in [0.05, 0.1) is 24.7 Å². The quantitative estimate of drug-likeness (QED) is 0.0427. The molecule has 0 amide bonds. The van der Waals surface area contributed by atoms with E-state index >= 15 is 0 Å². The van der Waals surface area contributed by atoms with Crippen LogP contribution in [-0.2, 0) is 53.0 Å². The van der Waals surface area contributed by atoms with Crippen LogP contribution in [0.1, 0.15) is 76.4 Å². The molecule has 1 spiro atoms. The molecule has 0 radical (unpaired) electrons. The molecule has 16 nitrogen and oxygen atoms in total. The van der Waals surface area contributed by atoms with Crippen molar-refractivity contribution in [3.05, 3.63) is 12.2 Å². The van der Waals surface area contributed by atoms with E-state index in [0.29, 0.717) is 12.8 Å². The van der Waals surface area contributed by atoms with Gasteiger partial charge in [0.2, 0.25) is 0 Å². The first-order chi connectivity index (χ1) is 22.2. The summed E-state index contributed by atoms with van der Waals surface area (Å²) < 4.78 is 93.5. The maximum atomic E-state index is 12.9. The Morgan fingerprint density at radius 2 is 1.63 bits per heavy atom. The fraction of sp³-hybridized carbons (Fsp3) is 0.867. The molecule has 0 unspecified atom stereocenters. The number of fused-ring (bicyclic) bond motifs is 3. The molecule has 5 fully saturated rings. The zero-order chi connectivity index (χ0) is 35.6. The number of aliphatic hydroxyl groups excluding tert-OH is 2. The monoisotopic (exact) mass is 830 g/mol. The average molecular weight is 831 g/mol. The van der Waals surface area contributed by atoms with Gasteiger partial charge in [-0.15, -0.1) is 0 Å². The van der Waals surface area contributed by atoms with Crippen molar-refractivity contribution in [1.82, 2.24) is 0 Å². The third-order valence-corrected chi connectivity index (χ3v) is 12.4. The Labute approximate surface area is 410 Å². The Morgan fingerprint density at radius 3 is 2.18 bits per heavy atom. The molecule has 0 aromatic rings. The Balaban J connectivity index is 0. The number of aliphatic carboxylic acids is 1. The smallest absolute Gasteiger partial charge is 1.00 e. The number of carbonyl (C=O) groups excluding carboxylic acids is 1. The second kappa shape index (κ2) is 19.1. The van der Waals surface area contributed by atoms with Crippen LogP contribution in [0.15, 0.2) is 12.2 Å². The summed E-state index contributed by atoms with van der Waals surface area (Å²) in [6.45, 7) is 8.52. The van der Waals surface area contributed by atoms with Gasteiger partial charge in [-0.25, -0.2) is 8.37 Å². The molecule has 1 saturated heterocycles. The number of carbonyl (C=O) groups is 2. The number of esters is 1. The predicted octanol–water partition coefficient (Wildman–Crippen LogP) is -6.98. The van der Waals surface area contributed by atoms with Crippen LogP contribution in [0.2, 0.25) is 0 Å². The van der Waals surface area contributed by atoms with Gasteiger partial charge in [-0.05, 0) is 79.6 Å². The first-order valence-electron chi connectivity index (χ1n) is 16.2. The fourth-order valence-corrected chi connectivity index (χ4v) is 10.8. The van der Waals surface area contributed by atoms with Gasteiger partial charge in [0, 0.05) is 11.8 Å². The first kappa shape index (κ1) is 49.7. The third kappa shape index (κ3) is 10.8. The van der Waals surface area contributed by atoms with Gasteiger partial charge in [0.25, 0.3) is 0 Å². The Bertz CT molecular complexity index is 1520. The van der Waals surface area contributed by atoms with Crippen molar-refractivity contribution in [2.24, 2.45) is 40.4 Å². The van der Waals surface area contributed by atoms with Crippen LogP contribution in [0.25, 0.3) is 0 Å². The second-order valence-corrected chi connectivity index (χ2v) is 16.9. The zero-order valence-electron chi connectivity index (χ0n) is 33.0. The summed E-state index contributed by atoms with van der Waals surface area (Å²) in [6, 6.07) is 0. The SMILES string of the molecule is C=C1[C@H]2CC[C@H]3[C@]4(C)C[C@H](O[C@@H]5O[C@H](CO)[C@@H](OS(=O)(=O)O)[C@H](OS(=O)(=O)O)[C@H]5OC(=O)CC(C)C)C[C@@H](C(=O)O)[C@H]4CC[C@]3(C2)[C@H]1O.[H-].[H-].[H-].[K+].[K+].[Na+]. The predicted molar refractivity (Wildman–Crippen MR) is 166 cm³/mol. The molecule has 0 aromatic heterocycles. The van der Waals surface area contributed by atoms with E-state index in [4.69, 9.17) is 18.4 Å². The number of aliphatic hydroxyl groups is 2. The zero-order valence-corrected chi connectivity index (χ0v) is 39.9. The Kier molecular flexibility index (Phi) is 18.6. The van der Waals surface area contributed by atoms with E-state index in [1.807, 2.05) is 6.92 Å². The second-order valence-electron chi connectivity index (χ2n) is 14.8. The molecule has 5 aliphatic rings. The van der Waals surface area contributed by atoms with Crippen LogP contribution in [0.4, 0.5) is 0 Å². The summed E-state index contributed by atoms with van der Waals surface area (Å²) >= 11 is 0. The summed E-state index contributed by atoms with van der Waals surface area (Å²) in [5.41, 5.74) is -0.319. The van der Waals surface area contributed by atoms with Gasteiger partial charge >= 0.3 is 165 Å². The van der Waals surface area contributed by atoms with Gasteiger partial charge in [-0.1, -0.05) is 27.4 Å². The maximum Gasteiger partial charge on any atom is 1.00 e. The van der Waals surface area contributed by atoms with Crippen LogP contribution >= 0.6 is 0 Å². The summed E-state index contributed by atoms with van der Waals surface area (Å²) in [7, 11) is -10.8. The van der Waals surface area contributed by atoms with Gasteiger partial charge < -0.3 is 33.8 Å². The van der Waals surface area contributed by atoms with Gasteiger partial charge in [-0.2, -0.15) is 16.8 Å². The van der Waals surface area contributed by atoms with E-state index in [1.165, 1.54) is 0 Å². The largest absolute Gasteiger partial charge is 1.00 e. The molecule has 5 N–H and O–H groups in total. The molecule has 13 atom stereocenters. The number of rotatable bonds is 11. The van der Waals surface area contributed by atoms with E-state index in [-0.39, 0.29) is 180 Å². The molecule has 2 bridgehead atoms. The molecule has 4 aliphatic carbocycles. The molecule has 1 heterocycles. The molecule has 51 heavy (non-hydrogen) atoms. The number of carboxylic acids is 1. The molecular formula is C30H49K2NaO16S2. The molecule has 21 heteroatoms. The Hall–Kier alpha value is 2.53. The topological polar surface area (TPSA) is 250 Å². The molecule has 4 saturated carbocycles. The minimum absolute atomic E-state index is 0. The molecule has 0 aromatic carbocycles. The number of hydrogen-bond donors (Lipinski definition) is 5. The van der Waals surface area contributed by atoms with E-state index < -0.39 is 99.0 Å². The summed E-state index contributed by atoms with van der Waals surface area (Å²) in [6.07, 6.45) is -7.93. The van der Waals surface area contributed by atoms with Crippen molar-refractivity contribution < 1.29 is 210 Å². The van der Waals surface area contributed by atoms with Crippen molar-refractivity contribution >= 4 is 32.7 Å². The third-order valence-electron chi connectivity index (χ3n) is 11.5.